The van der Waals surface area contributed by atoms with Gasteiger partial charge in [0.15, 0.2) is 0 Å². The zero-order valence-electron chi connectivity index (χ0n) is 18.6. The lowest BCUT2D eigenvalue weighted by molar-refractivity contribution is -0.140. The SMILES string of the molecule is COC(=O)CCC(c1ccc(Br)cc1C)c1c(C)nn(C)c1NC(=O)OC(C)(C)C. The van der Waals surface area contributed by atoms with Gasteiger partial charge in [-0.2, -0.15) is 5.10 Å². The number of methoxy groups -OCH3 is 1. The summed E-state index contributed by atoms with van der Waals surface area (Å²) in [6, 6.07) is 6.04. The van der Waals surface area contributed by atoms with Crippen LogP contribution in [0.4, 0.5) is 10.6 Å². The van der Waals surface area contributed by atoms with Gasteiger partial charge in [0.2, 0.25) is 0 Å². The molecular weight excluding hydrogens is 450 g/mol. The van der Waals surface area contributed by atoms with E-state index in [9.17, 15) is 9.59 Å². The van der Waals surface area contributed by atoms with Crippen LogP contribution in [-0.4, -0.2) is 34.6 Å². The van der Waals surface area contributed by atoms with Crippen molar-refractivity contribution in [3.63, 3.8) is 0 Å². The Morgan fingerprint density at radius 3 is 2.50 bits per heavy atom. The molecule has 164 valence electrons. The first-order chi connectivity index (χ1) is 13.9. The average Bonchev–Trinajstić information content (AvgIpc) is 2.88. The number of hydrogen-bond acceptors (Lipinski definition) is 5. The van der Waals surface area contributed by atoms with Gasteiger partial charge < -0.3 is 9.47 Å². The molecule has 1 atom stereocenters. The van der Waals surface area contributed by atoms with Crippen LogP contribution < -0.4 is 5.32 Å². The summed E-state index contributed by atoms with van der Waals surface area (Å²) in [4.78, 5) is 24.4. The Morgan fingerprint density at radius 1 is 1.27 bits per heavy atom. The molecular formula is C22H30BrN3O4. The zero-order valence-corrected chi connectivity index (χ0v) is 20.2. The molecule has 1 aromatic carbocycles. The molecule has 1 heterocycles. The molecule has 8 heteroatoms. The van der Waals surface area contributed by atoms with Crippen molar-refractivity contribution in [2.24, 2.45) is 7.05 Å². The summed E-state index contributed by atoms with van der Waals surface area (Å²) in [5, 5.41) is 7.38. The van der Waals surface area contributed by atoms with Crippen molar-refractivity contribution in [2.75, 3.05) is 12.4 Å². The standard InChI is InChI=1S/C22H30BrN3O4/c1-13-12-15(23)8-9-16(13)17(10-11-18(27)29-7)19-14(2)25-26(6)20(19)24-21(28)30-22(3,4)5/h8-9,12,17H,10-11H2,1-7H3,(H,24,28). The van der Waals surface area contributed by atoms with E-state index in [4.69, 9.17) is 9.47 Å². The third-order valence-corrected chi connectivity index (χ3v) is 5.20. The number of ether oxygens (including phenoxy) is 2. The van der Waals surface area contributed by atoms with Crippen LogP contribution in [-0.2, 0) is 21.3 Å². The first-order valence-electron chi connectivity index (χ1n) is 9.79. The van der Waals surface area contributed by atoms with Crippen molar-refractivity contribution >= 4 is 33.8 Å². The summed E-state index contributed by atoms with van der Waals surface area (Å²) in [5.41, 5.74) is 3.15. The molecule has 0 aliphatic carbocycles. The molecule has 0 spiro atoms. The minimum absolute atomic E-state index is 0.157. The topological polar surface area (TPSA) is 82.5 Å². The highest BCUT2D eigenvalue weighted by Crippen LogP contribution is 2.38. The lowest BCUT2D eigenvalue weighted by Crippen LogP contribution is -2.28. The van der Waals surface area contributed by atoms with Crippen LogP contribution in [0.15, 0.2) is 22.7 Å². The molecule has 7 nitrogen and oxygen atoms in total. The number of anilines is 1. The third-order valence-electron chi connectivity index (χ3n) is 4.71. The highest BCUT2D eigenvalue weighted by atomic mass is 79.9. The lowest BCUT2D eigenvalue weighted by Gasteiger charge is -2.23. The summed E-state index contributed by atoms with van der Waals surface area (Å²) in [6.07, 6.45) is 0.215. The second-order valence-corrected chi connectivity index (χ2v) is 9.18. The average molecular weight is 480 g/mol. The molecule has 1 unspecified atom stereocenters. The van der Waals surface area contributed by atoms with E-state index >= 15 is 0 Å². The number of carbonyl (C=O) groups excluding carboxylic acids is 2. The monoisotopic (exact) mass is 479 g/mol. The summed E-state index contributed by atoms with van der Waals surface area (Å²) in [5.74, 6) is 0.118. The van der Waals surface area contributed by atoms with Crippen molar-refractivity contribution < 1.29 is 19.1 Å². The van der Waals surface area contributed by atoms with Crippen molar-refractivity contribution in [3.05, 3.63) is 45.1 Å². The van der Waals surface area contributed by atoms with E-state index < -0.39 is 11.7 Å². The van der Waals surface area contributed by atoms with Crippen molar-refractivity contribution in [1.29, 1.82) is 0 Å². The van der Waals surface area contributed by atoms with E-state index in [0.717, 1.165) is 26.9 Å². The van der Waals surface area contributed by atoms with E-state index in [-0.39, 0.29) is 18.3 Å². The first kappa shape index (κ1) is 23.9. The van der Waals surface area contributed by atoms with Gasteiger partial charge in [0.05, 0.1) is 12.8 Å². The maximum atomic E-state index is 12.5. The smallest absolute Gasteiger partial charge is 0.413 e. The van der Waals surface area contributed by atoms with E-state index in [1.807, 2.05) is 52.8 Å². The van der Waals surface area contributed by atoms with Gasteiger partial charge in [-0.15, -0.1) is 0 Å². The number of amides is 1. The van der Waals surface area contributed by atoms with E-state index in [1.165, 1.54) is 7.11 Å². The number of hydrogen-bond donors (Lipinski definition) is 1. The molecule has 1 amide bonds. The van der Waals surface area contributed by atoms with Gasteiger partial charge in [0, 0.05) is 29.4 Å². The quantitative estimate of drug-likeness (QED) is 0.573. The van der Waals surface area contributed by atoms with Gasteiger partial charge in [0.25, 0.3) is 0 Å². The predicted molar refractivity (Wildman–Crippen MR) is 120 cm³/mol. The van der Waals surface area contributed by atoms with Gasteiger partial charge >= 0.3 is 12.1 Å². The van der Waals surface area contributed by atoms with Gasteiger partial charge in [-0.1, -0.05) is 22.0 Å². The normalized spacial score (nSPS) is 12.4. The Morgan fingerprint density at radius 2 is 1.93 bits per heavy atom. The van der Waals surface area contributed by atoms with Gasteiger partial charge in [0.1, 0.15) is 11.4 Å². The number of nitrogens with one attached hydrogen (secondary N) is 1. The van der Waals surface area contributed by atoms with Crippen LogP contribution in [0.2, 0.25) is 0 Å². The predicted octanol–water partition coefficient (Wildman–Crippen LogP) is 5.23. The number of benzene rings is 1. The van der Waals surface area contributed by atoms with E-state index in [0.29, 0.717) is 12.2 Å². The number of rotatable bonds is 6. The van der Waals surface area contributed by atoms with E-state index in [2.05, 4.69) is 26.3 Å². The van der Waals surface area contributed by atoms with Crippen molar-refractivity contribution in [3.8, 4) is 0 Å². The molecule has 0 bridgehead atoms. The fraction of sp³-hybridized carbons (Fsp3) is 0.500. The van der Waals surface area contributed by atoms with Gasteiger partial charge in [-0.25, -0.2) is 4.79 Å². The Bertz CT molecular complexity index is 931. The maximum Gasteiger partial charge on any atom is 0.413 e. The van der Waals surface area contributed by atoms with Crippen LogP contribution >= 0.6 is 15.9 Å². The molecule has 1 aromatic heterocycles. The molecule has 2 rings (SSSR count). The summed E-state index contributed by atoms with van der Waals surface area (Å²) >= 11 is 3.50. The maximum absolute atomic E-state index is 12.5. The number of aromatic nitrogens is 2. The lowest BCUT2D eigenvalue weighted by atomic mass is 9.84. The fourth-order valence-corrected chi connectivity index (χ4v) is 3.97. The second kappa shape index (κ2) is 9.64. The molecule has 0 fully saturated rings. The molecule has 0 saturated heterocycles. The third kappa shape index (κ3) is 6.08. The van der Waals surface area contributed by atoms with Crippen LogP contribution in [0, 0.1) is 13.8 Å². The number of esters is 1. The number of aryl methyl sites for hydroxylation is 3. The minimum atomic E-state index is -0.621. The number of halogens is 1. The molecule has 0 saturated carbocycles. The van der Waals surface area contributed by atoms with Crippen molar-refractivity contribution in [2.45, 2.75) is 59.0 Å². The second-order valence-electron chi connectivity index (χ2n) is 8.27. The Kier molecular flexibility index (Phi) is 7.69. The highest BCUT2D eigenvalue weighted by molar-refractivity contribution is 9.10. The molecule has 0 aliphatic heterocycles. The van der Waals surface area contributed by atoms with Gasteiger partial charge in [-0.3, -0.25) is 14.8 Å². The Balaban J connectivity index is 2.52. The summed E-state index contributed by atoms with van der Waals surface area (Å²) in [7, 11) is 3.15. The summed E-state index contributed by atoms with van der Waals surface area (Å²) in [6.45, 7) is 9.36. The Hall–Kier alpha value is -2.35. The van der Waals surface area contributed by atoms with E-state index in [1.54, 1.807) is 11.7 Å². The molecule has 0 aliphatic rings. The van der Waals surface area contributed by atoms with Crippen LogP contribution in [0.5, 0.6) is 0 Å². The number of nitrogens with zero attached hydrogens (tertiary/aromatic N) is 2. The largest absolute Gasteiger partial charge is 0.469 e. The zero-order chi connectivity index (χ0) is 22.6. The molecule has 30 heavy (non-hydrogen) atoms. The summed E-state index contributed by atoms with van der Waals surface area (Å²) < 4.78 is 12.9. The minimum Gasteiger partial charge on any atom is -0.469 e. The van der Waals surface area contributed by atoms with Crippen LogP contribution in [0.25, 0.3) is 0 Å². The molecule has 1 N–H and O–H groups in total. The van der Waals surface area contributed by atoms with Gasteiger partial charge in [-0.05, 0) is 64.3 Å². The van der Waals surface area contributed by atoms with Crippen molar-refractivity contribution in [1.82, 2.24) is 9.78 Å². The first-order valence-corrected chi connectivity index (χ1v) is 10.6. The molecule has 0 radical (unpaired) electrons. The van der Waals surface area contributed by atoms with Crippen LogP contribution in [0.3, 0.4) is 0 Å². The highest BCUT2D eigenvalue weighted by Gasteiger charge is 2.28. The number of carbonyl (C=O) groups is 2. The fourth-order valence-electron chi connectivity index (χ4n) is 3.49. The molecule has 2 aromatic rings. The Labute approximate surface area is 186 Å². The van der Waals surface area contributed by atoms with Crippen LogP contribution in [0.1, 0.15) is 61.9 Å².